The number of aliphatic hydroxyl groups is 1. The first-order valence-corrected chi connectivity index (χ1v) is 11.2. The van der Waals surface area contributed by atoms with Crippen molar-refractivity contribution in [2.24, 2.45) is 22.7 Å². The third-order valence-corrected chi connectivity index (χ3v) is 8.12. The molecule has 4 aliphatic rings. The maximum atomic E-state index is 12.1. The van der Waals surface area contributed by atoms with E-state index in [0.29, 0.717) is 18.3 Å². The molecule has 4 rings (SSSR count). The molecule has 0 aromatic heterocycles. The highest BCUT2D eigenvalue weighted by Gasteiger charge is 2.59. The molecular weight excluding hydrogens is 380 g/mol. The number of rotatable bonds is 4. The Kier molecular flexibility index (Phi) is 5.98. The van der Waals surface area contributed by atoms with Crippen molar-refractivity contribution >= 4 is 11.6 Å². The SMILES string of the molecule is CC1=CC[C@@H](C2(CO)CO2)C(C)(C)C1=O.CCC1([C@@H]2CC=C(C)C(=O)C2(C)C)CO1. The van der Waals surface area contributed by atoms with Crippen LogP contribution in [0.15, 0.2) is 23.3 Å². The first-order valence-electron chi connectivity index (χ1n) is 11.2. The molecule has 0 radical (unpaired) electrons. The van der Waals surface area contributed by atoms with Gasteiger partial charge in [-0.2, -0.15) is 0 Å². The average molecular weight is 419 g/mol. The number of epoxide rings is 2. The minimum absolute atomic E-state index is 0.00361. The Hall–Kier alpha value is -1.30. The molecule has 5 heteroatoms. The van der Waals surface area contributed by atoms with Gasteiger partial charge < -0.3 is 14.6 Å². The summed E-state index contributed by atoms with van der Waals surface area (Å²) in [5, 5.41) is 9.34. The molecule has 4 atom stereocenters. The van der Waals surface area contributed by atoms with Gasteiger partial charge in [0, 0.05) is 22.7 Å². The Morgan fingerprint density at radius 1 is 0.867 bits per heavy atom. The lowest BCUT2D eigenvalue weighted by atomic mass is 9.63. The van der Waals surface area contributed by atoms with Gasteiger partial charge in [0.25, 0.3) is 0 Å². The number of Topliss-reactive ketones (excluding diaryl/α,β-unsaturated/α-hetero) is 2. The number of carbonyl (C=O) groups excluding carboxylic acids is 2. The predicted molar refractivity (Wildman–Crippen MR) is 116 cm³/mol. The van der Waals surface area contributed by atoms with E-state index in [1.165, 1.54) is 0 Å². The molecule has 0 saturated carbocycles. The molecule has 1 N–H and O–H groups in total. The largest absolute Gasteiger partial charge is 0.393 e. The number of hydrogen-bond donors (Lipinski definition) is 1. The monoisotopic (exact) mass is 418 g/mol. The van der Waals surface area contributed by atoms with Crippen LogP contribution in [0.5, 0.6) is 0 Å². The fraction of sp³-hybridized carbons (Fsp3) is 0.760. The number of allylic oxidation sites excluding steroid dienone is 4. The summed E-state index contributed by atoms with van der Waals surface area (Å²) in [5.41, 5.74) is 0.629. The molecule has 5 nitrogen and oxygen atoms in total. The lowest BCUT2D eigenvalue weighted by molar-refractivity contribution is -0.129. The van der Waals surface area contributed by atoms with Crippen molar-refractivity contribution in [1.82, 2.24) is 0 Å². The number of ketones is 2. The van der Waals surface area contributed by atoms with E-state index in [2.05, 4.69) is 26.8 Å². The first kappa shape index (κ1) is 23.4. The van der Waals surface area contributed by atoms with E-state index in [4.69, 9.17) is 9.47 Å². The van der Waals surface area contributed by atoms with Gasteiger partial charge >= 0.3 is 0 Å². The lowest BCUT2D eigenvalue weighted by Gasteiger charge is -2.39. The van der Waals surface area contributed by atoms with Gasteiger partial charge in [-0.25, -0.2) is 0 Å². The molecule has 2 aliphatic heterocycles. The molecule has 168 valence electrons. The number of hydrogen-bond acceptors (Lipinski definition) is 5. The molecule has 2 saturated heterocycles. The van der Waals surface area contributed by atoms with Crippen molar-refractivity contribution in [1.29, 1.82) is 0 Å². The molecule has 2 aliphatic carbocycles. The third kappa shape index (κ3) is 3.74. The summed E-state index contributed by atoms with van der Waals surface area (Å²) in [5.74, 6) is 0.932. The zero-order chi connectivity index (χ0) is 22.5. The summed E-state index contributed by atoms with van der Waals surface area (Å²) in [6, 6.07) is 0. The van der Waals surface area contributed by atoms with Crippen LogP contribution in [-0.4, -0.2) is 47.7 Å². The van der Waals surface area contributed by atoms with Gasteiger partial charge in [-0.15, -0.1) is 0 Å². The Balaban J connectivity index is 0.000000171. The standard InChI is InChI=1S/C13H20O2.C12H18O3/c1-5-13(8-15-13)10-7-6-9(2)11(14)12(10,3)4;1-8-4-5-9(11(2,3)10(8)14)12(6-13)7-15-12/h6,10H,5,7-8H2,1-4H3;4,9,13H,5-7H2,1-3H3/t10-,13?;9-,12?/m11/s1. The minimum Gasteiger partial charge on any atom is -0.393 e. The van der Waals surface area contributed by atoms with Gasteiger partial charge in [0.2, 0.25) is 0 Å². The maximum Gasteiger partial charge on any atom is 0.164 e. The van der Waals surface area contributed by atoms with Crippen molar-refractivity contribution in [3.05, 3.63) is 23.3 Å². The highest BCUT2D eigenvalue weighted by atomic mass is 16.6. The van der Waals surface area contributed by atoms with E-state index < -0.39 is 11.0 Å². The first-order chi connectivity index (χ1) is 13.9. The number of aliphatic hydroxyl groups excluding tert-OH is 1. The van der Waals surface area contributed by atoms with Crippen molar-refractivity contribution in [3.63, 3.8) is 0 Å². The van der Waals surface area contributed by atoms with Gasteiger partial charge in [0.1, 0.15) is 5.60 Å². The topological polar surface area (TPSA) is 79.4 Å². The summed E-state index contributed by atoms with van der Waals surface area (Å²) in [4.78, 5) is 24.2. The van der Waals surface area contributed by atoms with E-state index in [9.17, 15) is 14.7 Å². The van der Waals surface area contributed by atoms with Gasteiger partial charge in [-0.1, -0.05) is 46.8 Å². The summed E-state index contributed by atoms with van der Waals surface area (Å²) in [7, 11) is 0. The summed E-state index contributed by atoms with van der Waals surface area (Å²) in [6.07, 6.45) is 6.87. The molecule has 0 aromatic rings. The van der Waals surface area contributed by atoms with Crippen LogP contribution in [0, 0.1) is 22.7 Å². The molecule has 2 fully saturated rings. The number of ether oxygens (including phenoxy) is 2. The second-order valence-electron chi connectivity index (χ2n) is 10.7. The van der Waals surface area contributed by atoms with E-state index in [1.54, 1.807) is 0 Å². The van der Waals surface area contributed by atoms with Gasteiger partial charge in [0.15, 0.2) is 11.6 Å². The fourth-order valence-electron chi connectivity index (χ4n) is 5.68. The lowest BCUT2D eigenvalue weighted by Crippen LogP contribution is -2.46. The van der Waals surface area contributed by atoms with Crippen LogP contribution in [-0.2, 0) is 19.1 Å². The predicted octanol–water partition coefficient (Wildman–Crippen LogP) is 4.04. The zero-order valence-corrected chi connectivity index (χ0v) is 19.6. The van der Waals surface area contributed by atoms with Crippen LogP contribution in [0.3, 0.4) is 0 Å². The van der Waals surface area contributed by atoms with E-state index in [0.717, 1.165) is 37.0 Å². The van der Waals surface area contributed by atoms with Crippen molar-refractivity contribution < 1.29 is 24.2 Å². The Morgan fingerprint density at radius 2 is 1.23 bits per heavy atom. The Morgan fingerprint density at radius 3 is 1.53 bits per heavy atom. The maximum absolute atomic E-state index is 12.1. The third-order valence-electron chi connectivity index (χ3n) is 8.12. The molecule has 0 spiro atoms. The van der Waals surface area contributed by atoms with Crippen molar-refractivity contribution in [3.8, 4) is 0 Å². The Bertz CT molecular complexity index is 711. The fourth-order valence-corrected chi connectivity index (χ4v) is 5.68. The Labute approximate surface area is 180 Å². The van der Waals surface area contributed by atoms with Crippen LogP contribution >= 0.6 is 0 Å². The molecule has 0 amide bonds. The van der Waals surface area contributed by atoms with Gasteiger partial charge in [0.05, 0.1) is 25.4 Å². The minimum atomic E-state index is -0.448. The molecule has 0 bridgehead atoms. The van der Waals surface area contributed by atoms with E-state index >= 15 is 0 Å². The number of carbonyl (C=O) groups is 2. The van der Waals surface area contributed by atoms with E-state index in [-0.39, 0.29) is 29.3 Å². The van der Waals surface area contributed by atoms with Crippen LogP contribution in [0.4, 0.5) is 0 Å². The molecule has 2 unspecified atom stereocenters. The summed E-state index contributed by atoms with van der Waals surface area (Å²) >= 11 is 0. The van der Waals surface area contributed by atoms with Crippen LogP contribution in [0.25, 0.3) is 0 Å². The van der Waals surface area contributed by atoms with Crippen LogP contribution in [0.2, 0.25) is 0 Å². The highest BCUT2D eigenvalue weighted by molar-refractivity contribution is 6.00. The summed E-state index contributed by atoms with van der Waals surface area (Å²) in [6.45, 7) is 15.4. The zero-order valence-electron chi connectivity index (χ0n) is 19.6. The van der Waals surface area contributed by atoms with Crippen molar-refractivity contribution in [2.45, 2.75) is 78.9 Å². The average Bonchev–Trinajstić information content (AvgIpc) is 3.61. The summed E-state index contributed by atoms with van der Waals surface area (Å²) < 4.78 is 11.0. The molecular formula is C25H38O5. The second kappa shape index (κ2) is 7.68. The smallest absolute Gasteiger partial charge is 0.164 e. The van der Waals surface area contributed by atoms with Crippen LogP contribution < -0.4 is 0 Å². The van der Waals surface area contributed by atoms with Gasteiger partial charge in [-0.05, 0) is 44.3 Å². The van der Waals surface area contributed by atoms with E-state index in [1.807, 2.05) is 33.8 Å². The van der Waals surface area contributed by atoms with Crippen LogP contribution in [0.1, 0.15) is 67.7 Å². The second-order valence-corrected chi connectivity index (χ2v) is 10.7. The quantitative estimate of drug-likeness (QED) is 0.697. The molecule has 30 heavy (non-hydrogen) atoms. The molecule has 2 heterocycles. The normalized spacial score (nSPS) is 38.8. The van der Waals surface area contributed by atoms with Gasteiger partial charge in [-0.3, -0.25) is 9.59 Å². The highest BCUT2D eigenvalue weighted by Crippen LogP contribution is 2.52. The van der Waals surface area contributed by atoms with Crippen molar-refractivity contribution in [2.75, 3.05) is 19.8 Å². The molecule has 0 aromatic carbocycles.